The maximum atomic E-state index is 4.21. The molecule has 220 valence electrons. The second-order valence-corrected chi connectivity index (χ2v) is 12.4. The molecule has 1 aromatic heterocycles. The molecule has 0 fully saturated rings. The van der Waals surface area contributed by atoms with E-state index in [4.69, 9.17) is 0 Å². The number of hydrogen-bond donors (Lipinski definition) is 0. The summed E-state index contributed by atoms with van der Waals surface area (Å²) < 4.78 is 0. The summed E-state index contributed by atoms with van der Waals surface area (Å²) in [5, 5.41) is 10.1. The van der Waals surface area contributed by atoms with Crippen molar-refractivity contribution < 1.29 is 0 Å². The smallest absolute Gasteiger partial charge is 0.0273 e. The van der Waals surface area contributed by atoms with Crippen LogP contribution in [0.3, 0.4) is 0 Å². The Labute approximate surface area is 274 Å². The van der Waals surface area contributed by atoms with E-state index in [0.717, 1.165) is 0 Å². The van der Waals surface area contributed by atoms with Gasteiger partial charge in [-0.15, -0.1) is 0 Å². The number of hydrogen-bond acceptors (Lipinski definition) is 1. The monoisotopic (exact) mass is 597 g/mol. The predicted molar refractivity (Wildman–Crippen MR) is 201 cm³/mol. The lowest BCUT2D eigenvalue weighted by Gasteiger charge is -2.19. The van der Waals surface area contributed by atoms with Crippen molar-refractivity contribution in [1.82, 2.24) is 4.98 Å². The molecule has 0 N–H and O–H groups in total. The Kier molecular flexibility index (Phi) is 6.43. The van der Waals surface area contributed by atoms with Crippen LogP contribution in [0.25, 0.3) is 87.6 Å². The Morgan fingerprint density at radius 1 is 0.340 bits per heavy atom. The highest BCUT2D eigenvalue weighted by Gasteiger charge is 2.19. The summed E-state index contributed by atoms with van der Waals surface area (Å²) in [4.78, 5) is 4.21. The van der Waals surface area contributed by atoms with E-state index in [-0.39, 0.29) is 0 Å². The summed E-state index contributed by atoms with van der Waals surface area (Å²) in [7, 11) is 0. The third kappa shape index (κ3) is 4.59. The Morgan fingerprint density at radius 3 is 1.62 bits per heavy atom. The predicted octanol–water partition coefficient (Wildman–Crippen LogP) is 12.7. The van der Waals surface area contributed by atoms with Crippen molar-refractivity contribution in [2.45, 2.75) is 6.92 Å². The fourth-order valence-electron chi connectivity index (χ4n) is 7.44. The molecule has 1 nitrogen and oxygen atoms in total. The molecule has 0 aliphatic rings. The van der Waals surface area contributed by atoms with Gasteiger partial charge in [0.1, 0.15) is 0 Å². The molecule has 1 heteroatoms. The van der Waals surface area contributed by atoms with Crippen LogP contribution in [0.4, 0.5) is 0 Å². The van der Waals surface area contributed by atoms with Crippen molar-refractivity contribution in [2.75, 3.05) is 0 Å². The van der Waals surface area contributed by atoms with Crippen LogP contribution in [-0.2, 0) is 0 Å². The average Bonchev–Trinajstić information content (AvgIpc) is 3.13. The fourth-order valence-corrected chi connectivity index (χ4v) is 7.44. The molecular weight excluding hydrogens is 567 g/mol. The van der Waals surface area contributed by atoms with E-state index < -0.39 is 0 Å². The number of nitrogens with zero attached hydrogens (tertiary/aromatic N) is 1. The van der Waals surface area contributed by atoms with Crippen molar-refractivity contribution >= 4 is 43.1 Å². The Balaban J connectivity index is 1.30. The zero-order valence-corrected chi connectivity index (χ0v) is 26.1. The van der Waals surface area contributed by atoms with Gasteiger partial charge in [0.25, 0.3) is 0 Å². The van der Waals surface area contributed by atoms with Crippen LogP contribution in [0.1, 0.15) is 5.56 Å². The van der Waals surface area contributed by atoms with Gasteiger partial charge < -0.3 is 0 Å². The maximum Gasteiger partial charge on any atom is 0.0273 e. The second-order valence-electron chi connectivity index (χ2n) is 12.4. The zero-order valence-electron chi connectivity index (χ0n) is 26.1. The van der Waals surface area contributed by atoms with Crippen LogP contribution in [0, 0.1) is 6.92 Å². The summed E-state index contributed by atoms with van der Waals surface area (Å²) in [5.41, 5.74) is 11.1. The minimum absolute atomic E-state index is 1.17. The van der Waals surface area contributed by atoms with E-state index in [0.29, 0.717) is 0 Å². The van der Waals surface area contributed by atoms with Gasteiger partial charge in [-0.3, -0.25) is 4.98 Å². The quantitative estimate of drug-likeness (QED) is 0.184. The lowest BCUT2D eigenvalue weighted by atomic mass is 9.84. The van der Waals surface area contributed by atoms with Crippen LogP contribution in [-0.4, -0.2) is 4.98 Å². The van der Waals surface area contributed by atoms with Gasteiger partial charge in [0.2, 0.25) is 0 Å². The molecule has 9 rings (SSSR count). The lowest BCUT2D eigenvalue weighted by Crippen LogP contribution is -1.92. The third-order valence-corrected chi connectivity index (χ3v) is 9.59. The van der Waals surface area contributed by atoms with E-state index in [1.807, 2.05) is 12.4 Å². The highest BCUT2D eigenvalue weighted by atomic mass is 14.6. The standard InChI is InChI=1S/C46H31N/c1-30-19-20-34-29-36(22-21-33(34)27-30)45-41-11-2-4-13-43(41)46(44-14-5-3-12-42(44)45)40-18-8-16-38-37(15-7-17-39(38)40)35-10-6-9-32(28-35)31-23-25-47-26-24-31/h2-29H,1H3. The molecule has 0 saturated heterocycles. The van der Waals surface area contributed by atoms with Crippen molar-refractivity contribution in [1.29, 1.82) is 0 Å². The molecule has 0 atom stereocenters. The van der Waals surface area contributed by atoms with Gasteiger partial charge in [-0.2, -0.15) is 0 Å². The second kappa shape index (κ2) is 11.1. The normalized spacial score (nSPS) is 11.5. The fraction of sp³-hybridized carbons (Fsp3) is 0.0217. The maximum absolute atomic E-state index is 4.21. The Hall–Kier alpha value is -6.05. The molecule has 47 heavy (non-hydrogen) atoms. The molecule has 0 aliphatic heterocycles. The van der Waals surface area contributed by atoms with Gasteiger partial charge in [0, 0.05) is 12.4 Å². The van der Waals surface area contributed by atoms with Crippen molar-refractivity contribution in [3.05, 3.63) is 176 Å². The largest absolute Gasteiger partial charge is 0.265 e. The summed E-state index contributed by atoms with van der Waals surface area (Å²) in [6.45, 7) is 2.16. The summed E-state index contributed by atoms with van der Waals surface area (Å²) >= 11 is 0. The molecule has 0 amide bonds. The first kappa shape index (κ1) is 27.3. The molecule has 1 heterocycles. The van der Waals surface area contributed by atoms with Gasteiger partial charge in [-0.05, 0) is 119 Å². The van der Waals surface area contributed by atoms with E-state index >= 15 is 0 Å². The Morgan fingerprint density at radius 2 is 0.894 bits per heavy atom. The van der Waals surface area contributed by atoms with Crippen LogP contribution in [0.15, 0.2) is 170 Å². The molecular formula is C46H31N. The SMILES string of the molecule is Cc1ccc2cc(-c3c4ccccc4c(-c4cccc5c(-c6cccc(-c7ccncc7)c6)cccc45)c4ccccc34)ccc2c1. The van der Waals surface area contributed by atoms with Crippen molar-refractivity contribution in [3.8, 4) is 44.5 Å². The van der Waals surface area contributed by atoms with E-state index in [1.54, 1.807) is 0 Å². The van der Waals surface area contributed by atoms with Gasteiger partial charge in [0.15, 0.2) is 0 Å². The first-order valence-corrected chi connectivity index (χ1v) is 16.2. The zero-order chi connectivity index (χ0) is 31.3. The lowest BCUT2D eigenvalue weighted by molar-refractivity contribution is 1.33. The summed E-state index contributed by atoms with van der Waals surface area (Å²) in [5.74, 6) is 0. The van der Waals surface area contributed by atoms with Crippen LogP contribution in [0.5, 0.6) is 0 Å². The minimum Gasteiger partial charge on any atom is -0.265 e. The number of aromatic nitrogens is 1. The number of rotatable bonds is 4. The van der Waals surface area contributed by atoms with Gasteiger partial charge in [-0.25, -0.2) is 0 Å². The minimum atomic E-state index is 1.17. The van der Waals surface area contributed by atoms with Crippen LogP contribution < -0.4 is 0 Å². The van der Waals surface area contributed by atoms with Gasteiger partial charge in [-0.1, -0.05) is 139 Å². The van der Waals surface area contributed by atoms with E-state index in [2.05, 4.69) is 170 Å². The average molecular weight is 598 g/mol. The highest BCUT2D eigenvalue weighted by Crippen LogP contribution is 2.46. The van der Waals surface area contributed by atoms with Crippen LogP contribution >= 0.6 is 0 Å². The molecule has 0 spiro atoms. The highest BCUT2D eigenvalue weighted by molar-refractivity contribution is 6.24. The summed E-state index contributed by atoms with van der Waals surface area (Å²) in [6.07, 6.45) is 3.71. The number of pyridine rings is 1. The first-order valence-electron chi connectivity index (χ1n) is 16.2. The van der Waals surface area contributed by atoms with Crippen molar-refractivity contribution in [3.63, 3.8) is 0 Å². The molecule has 8 aromatic carbocycles. The molecule has 0 unspecified atom stereocenters. The molecule has 0 saturated carbocycles. The molecule has 0 aliphatic carbocycles. The number of aryl methyl sites for hydroxylation is 1. The van der Waals surface area contributed by atoms with Crippen molar-refractivity contribution in [2.24, 2.45) is 0 Å². The van der Waals surface area contributed by atoms with Gasteiger partial charge in [0.05, 0.1) is 0 Å². The third-order valence-electron chi connectivity index (χ3n) is 9.59. The topological polar surface area (TPSA) is 12.9 Å². The molecule has 9 aromatic rings. The van der Waals surface area contributed by atoms with Gasteiger partial charge >= 0.3 is 0 Å². The number of benzene rings is 8. The van der Waals surface area contributed by atoms with E-state index in [1.165, 1.54) is 93.2 Å². The first-order chi connectivity index (χ1) is 23.2. The molecule has 0 bridgehead atoms. The van der Waals surface area contributed by atoms with E-state index in [9.17, 15) is 0 Å². The molecule has 0 radical (unpaired) electrons. The summed E-state index contributed by atoms with van der Waals surface area (Å²) in [6, 6.07) is 58.0. The van der Waals surface area contributed by atoms with Crippen LogP contribution in [0.2, 0.25) is 0 Å². The Bertz CT molecular complexity index is 2570. The number of fused-ring (bicyclic) bond motifs is 4.